The summed E-state index contributed by atoms with van der Waals surface area (Å²) in [6.45, 7) is 6.16. The van der Waals surface area contributed by atoms with Gasteiger partial charge < -0.3 is 15.4 Å². The molecular weight excluding hydrogens is 242 g/mol. The van der Waals surface area contributed by atoms with Crippen LogP contribution in [0, 0.1) is 0 Å². The van der Waals surface area contributed by atoms with E-state index in [1.807, 2.05) is 4.90 Å². The first kappa shape index (κ1) is 13.3. The monoisotopic (exact) mass is 267 g/mol. The number of piperazine rings is 1. The molecule has 3 aliphatic heterocycles. The number of amides is 1. The van der Waals surface area contributed by atoms with Crippen LogP contribution in [0.3, 0.4) is 0 Å². The Bertz CT molecular complexity index is 355. The van der Waals surface area contributed by atoms with Crippen molar-refractivity contribution in [3.63, 3.8) is 0 Å². The minimum atomic E-state index is -0.773. The minimum Gasteiger partial charge on any atom is -0.379 e. The second-order valence-electron chi connectivity index (χ2n) is 6.41. The van der Waals surface area contributed by atoms with Crippen LogP contribution in [0.1, 0.15) is 32.6 Å². The first-order valence-corrected chi connectivity index (χ1v) is 7.52. The molecule has 0 saturated carbocycles. The lowest BCUT2D eigenvalue weighted by molar-refractivity contribution is -0.144. The average Bonchev–Trinajstić information content (AvgIpc) is 2.85. The third-order valence-corrected chi connectivity index (χ3v) is 4.93. The SMILES string of the molecule is CC1CN2CCCCC2CN1C(=O)C1(N)CCOC1. The van der Waals surface area contributed by atoms with Gasteiger partial charge in [0.2, 0.25) is 5.91 Å². The van der Waals surface area contributed by atoms with E-state index in [0.717, 1.165) is 13.1 Å². The fourth-order valence-electron chi connectivity index (χ4n) is 3.67. The van der Waals surface area contributed by atoms with Crippen molar-refractivity contribution < 1.29 is 9.53 Å². The smallest absolute Gasteiger partial charge is 0.245 e. The Labute approximate surface area is 115 Å². The lowest BCUT2D eigenvalue weighted by atomic mass is 9.93. The number of hydrogen-bond donors (Lipinski definition) is 1. The van der Waals surface area contributed by atoms with E-state index in [0.29, 0.717) is 25.7 Å². The second-order valence-corrected chi connectivity index (χ2v) is 6.41. The molecule has 5 nitrogen and oxygen atoms in total. The van der Waals surface area contributed by atoms with Crippen LogP contribution in [0.2, 0.25) is 0 Å². The molecule has 5 heteroatoms. The van der Waals surface area contributed by atoms with Gasteiger partial charge in [0.1, 0.15) is 5.54 Å². The van der Waals surface area contributed by atoms with Crippen LogP contribution in [0.15, 0.2) is 0 Å². The van der Waals surface area contributed by atoms with E-state index in [-0.39, 0.29) is 11.9 Å². The largest absolute Gasteiger partial charge is 0.379 e. The van der Waals surface area contributed by atoms with E-state index in [4.69, 9.17) is 10.5 Å². The molecule has 0 spiro atoms. The molecule has 19 heavy (non-hydrogen) atoms. The quantitative estimate of drug-likeness (QED) is 0.737. The molecule has 1 amide bonds. The van der Waals surface area contributed by atoms with E-state index in [1.165, 1.54) is 25.8 Å². The van der Waals surface area contributed by atoms with Crippen molar-refractivity contribution in [2.24, 2.45) is 5.73 Å². The Hall–Kier alpha value is -0.650. The average molecular weight is 267 g/mol. The summed E-state index contributed by atoms with van der Waals surface area (Å²) in [5.41, 5.74) is 5.46. The van der Waals surface area contributed by atoms with Gasteiger partial charge in [-0.15, -0.1) is 0 Å². The van der Waals surface area contributed by atoms with Crippen molar-refractivity contribution >= 4 is 5.91 Å². The van der Waals surface area contributed by atoms with E-state index >= 15 is 0 Å². The van der Waals surface area contributed by atoms with Gasteiger partial charge >= 0.3 is 0 Å². The molecule has 0 aromatic heterocycles. The van der Waals surface area contributed by atoms with Crippen molar-refractivity contribution in [1.29, 1.82) is 0 Å². The molecule has 3 rings (SSSR count). The summed E-state index contributed by atoms with van der Waals surface area (Å²) in [7, 11) is 0. The normalized spacial score (nSPS) is 40.2. The molecule has 0 bridgehead atoms. The molecule has 3 unspecified atom stereocenters. The summed E-state index contributed by atoms with van der Waals surface area (Å²) < 4.78 is 5.33. The molecule has 0 radical (unpaired) electrons. The van der Waals surface area contributed by atoms with Crippen LogP contribution in [0.4, 0.5) is 0 Å². The molecule has 0 aromatic carbocycles. The van der Waals surface area contributed by atoms with Crippen LogP contribution in [0.5, 0.6) is 0 Å². The zero-order valence-corrected chi connectivity index (χ0v) is 11.8. The van der Waals surface area contributed by atoms with Gasteiger partial charge in [-0.05, 0) is 32.7 Å². The molecule has 3 fully saturated rings. The number of carbonyl (C=O) groups is 1. The third kappa shape index (κ3) is 2.39. The fraction of sp³-hybridized carbons (Fsp3) is 0.929. The zero-order valence-electron chi connectivity index (χ0n) is 11.8. The number of hydrogen-bond acceptors (Lipinski definition) is 4. The Morgan fingerprint density at radius 1 is 1.37 bits per heavy atom. The van der Waals surface area contributed by atoms with Gasteiger partial charge in [0, 0.05) is 31.8 Å². The molecule has 3 heterocycles. The van der Waals surface area contributed by atoms with Gasteiger partial charge in [0.25, 0.3) is 0 Å². The van der Waals surface area contributed by atoms with Crippen LogP contribution in [-0.4, -0.2) is 66.2 Å². The number of piperidine rings is 1. The highest BCUT2D eigenvalue weighted by atomic mass is 16.5. The van der Waals surface area contributed by atoms with Gasteiger partial charge in [-0.1, -0.05) is 6.42 Å². The van der Waals surface area contributed by atoms with E-state index in [2.05, 4.69) is 11.8 Å². The Morgan fingerprint density at radius 2 is 2.21 bits per heavy atom. The molecule has 3 atom stereocenters. The van der Waals surface area contributed by atoms with Crippen LogP contribution >= 0.6 is 0 Å². The summed E-state index contributed by atoms with van der Waals surface area (Å²) in [5.74, 6) is 0.0997. The maximum atomic E-state index is 12.7. The Kier molecular flexibility index (Phi) is 3.53. The van der Waals surface area contributed by atoms with Crippen molar-refractivity contribution in [1.82, 2.24) is 9.80 Å². The Morgan fingerprint density at radius 3 is 2.95 bits per heavy atom. The zero-order chi connectivity index (χ0) is 13.5. The van der Waals surface area contributed by atoms with Crippen molar-refractivity contribution in [2.75, 3.05) is 32.8 Å². The topological polar surface area (TPSA) is 58.8 Å². The lowest BCUT2D eigenvalue weighted by Gasteiger charge is -2.48. The van der Waals surface area contributed by atoms with Gasteiger partial charge in [0.05, 0.1) is 6.61 Å². The number of rotatable bonds is 1. The number of nitrogens with zero attached hydrogens (tertiary/aromatic N) is 2. The number of ether oxygens (including phenoxy) is 1. The maximum absolute atomic E-state index is 12.7. The molecule has 2 N–H and O–H groups in total. The molecule has 0 aliphatic carbocycles. The standard InChI is InChI=1S/C14H25N3O2/c1-11-8-16-6-3-2-4-12(16)9-17(11)13(18)14(15)5-7-19-10-14/h11-12H,2-10,15H2,1H3. The summed E-state index contributed by atoms with van der Waals surface area (Å²) in [6.07, 6.45) is 4.45. The first-order valence-electron chi connectivity index (χ1n) is 7.52. The first-order chi connectivity index (χ1) is 9.10. The summed E-state index contributed by atoms with van der Waals surface area (Å²) >= 11 is 0. The number of carbonyl (C=O) groups excluding carboxylic acids is 1. The number of fused-ring (bicyclic) bond motifs is 1. The highest BCUT2D eigenvalue weighted by Gasteiger charge is 2.45. The summed E-state index contributed by atoms with van der Waals surface area (Å²) in [5, 5.41) is 0. The third-order valence-electron chi connectivity index (χ3n) is 4.93. The van der Waals surface area contributed by atoms with Crippen molar-refractivity contribution in [3.8, 4) is 0 Å². The number of nitrogens with two attached hydrogens (primary N) is 1. The molecular formula is C14H25N3O2. The predicted molar refractivity (Wildman–Crippen MR) is 72.7 cm³/mol. The van der Waals surface area contributed by atoms with E-state index in [1.54, 1.807) is 0 Å². The predicted octanol–water partition coefficient (Wildman–Crippen LogP) is 0.189. The minimum absolute atomic E-state index is 0.0997. The summed E-state index contributed by atoms with van der Waals surface area (Å²) in [6, 6.07) is 0.808. The Balaban J connectivity index is 1.71. The van der Waals surface area contributed by atoms with Gasteiger partial charge in [-0.25, -0.2) is 0 Å². The summed E-state index contributed by atoms with van der Waals surface area (Å²) in [4.78, 5) is 17.3. The maximum Gasteiger partial charge on any atom is 0.245 e. The van der Waals surface area contributed by atoms with Gasteiger partial charge in [-0.3, -0.25) is 9.69 Å². The van der Waals surface area contributed by atoms with E-state index in [9.17, 15) is 4.79 Å². The van der Waals surface area contributed by atoms with Crippen molar-refractivity contribution in [3.05, 3.63) is 0 Å². The van der Waals surface area contributed by atoms with Crippen LogP contribution in [-0.2, 0) is 9.53 Å². The second kappa shape index (κ2) is 5.04. The highest BCUT2D eigenvalue weighted by molar-refractivity contribution is 5.87. The highest BCUT2D eigenvalue weighted by Crippen LogP contribution is 2.27. The van der Waals surface area contributed by atoms with Crippen LogP contribution in [0.25, 0.3) is 0 Å². The van der Waals surface area contributed by atoms with Gasteiger partial charge in [0.15, 0.2) is 0 Å². The molecule has 108 valence electrons. The van der Waals surface area contributed by atoms with Crippen molar-refractivity contribution in [2.45, 2.75) is 50.2 Å². The van der Waals surface area contributed by atoms with Crippen LogP contribution < -0.4 is 5.73 Å². The molecule has 3 saturated heterocycles. The molecule has 3 aliphatic rings. The lowest BCUT2D eigenvalue weighted by Crippen LogP contribution is -2.65. The fourth-order valence-corrected chi connectivity index (χ4v) is 3.67. The molecule has 0 aromatic rings. The van der Waals surface area contributed by atoms with Gasteiger partial charge in [-0.2, -0.15) is 0 Å². The van der Waals surface area contributed by atoms with E-state index < -0.39 is 5.54 Å².